The van der Waals surface area contributed by atoms with Crippen LogP contribution in [0.5, 0.6) is 0 Å². The van der Waals surface area contributed by atoms with Crippen LogP contribution in [0, 0.1) is 11.6 Å². The number of carbonyl (C=O) groups excluding carboxylic acids is 1. The van der Waals surface area contributed by atoms with Gasteiger partial charge in [0.05, 0.1) is 5.69 Å². The number of rotatable bonds is 5. The number of aromatic nitrogens is 1. The van der Waals surface area contributed by atoms with Gasteiger partial charge in [-0.05, 0) is 48.5 Å². The van der Waals surface area contributed by atoms with Gasteiger partial charge in [0.2, 0.25) is 0 Å². The van der Waals surface area contributed by atoms with E-state index in [9.17, 15) is 13.6 Å². The van der Waals surface area contributed by atoms with E-state index in [-0.39, 0.29) is 11.4 Å². The van der Waals surface area contributed by atoms with E-state index in [0.717, 1.165) is 23.5 Å². The molecule has 0 spiro atoms. The van der Waals surface area contributed by atoms with Crippen molar-refractivity contribution in [2.24, 2.45) is 0 Å². The molecule has 27 heavy (non-hydrogen) atoms. The van der Waals surface area contributed by atoms with Crippen LogP contribution in [-0.2, 0) is 0 Å². The van der Waals surface area contributed by atoms with Crippen molar-refractivity contribution in [3.63, 3.8) is 0 Å². The Balaban J connectivity index is 1.73. The van der Waals surface area contributed by atoms with E-state index < -0.39 is 17.5 Å². The molecule has 0 fully saturated rings. The fourth-order valence-electron chi connectivity index (χ4n) is 2.42. The fraction of sp³-hybridized carbons (Fsp3) is 0.100. The molecule has 0 bridgehead atoms. The molecule has 2 N–H and O–H groups in total. The molecule has 5 nitrogen and oxygen atoms in total. The summed E-state index contributed by atoms with van der Waals surface area (Å²) in [7, 11) is 3.92. The van der Waals surface area contributed by atoms with Crippen molar-refractivity contribution in [1.29, 1.82) is 0 Å². The molecule has 1 aromatic heterocycles. The Morgan fingerprint density at radius 1 is 0.963 bits per heavy atom. The van der Waals surface area contributed by atoms with E-state index in [2.05, 4.69) is 15.6 Å². The van der Waals surface area contributed by atoms with Gasteiger partial charge in [-0.15, -0.1) is 0 Å². The van der Waals surface area contributed by atoms with Gasteiger partial charge in [0.1, 0.15) is 17.3 Å². The summed E-state index contributed by atoms with van der Waals surface area (Å²) in [6.45, 7) is 0. The molecule has 138 valence electrons. The highest BCUT2D eigenvalue weighted by molar-refractivity contribution is 6.03. The molecule has 1 amide bonds. The lowest BCUT2D eigenvalue weighted by molar-refractivity contribution is 0.102. The van der Waals surface area contributed by atoms with Crippen molar-refractivity contribution < 1.29 is 13.6 Å². The first-order valence-electron chi connectivity index (χ1n) is 8.19. The highest BCUT2D eigenvalue weighted by Crippen LogP contribution is 2.21. The first-order chi connectivity index (χ1) is 12.9. The topological polar surface area (TPSA) is 57.3 Å². The zero-order chi connectivity index (χ0) is 19.4. The first kappa shape index (κ1) is 18.3. The van der Waals surface area contributed by atoms with Gasteiger partial charge in [-0.3, -0.25) is 9.78 Å². The summed E-state index contributed by atoms with van der Waals surface area (Å²) in [5.41, 5.74) is 2.57. The summed E-state index contributed by atoms with van der Waals surface area (Å²) < 4.78 is 26.7. The van der Waals surface area contributed by atoms with E-state index in [1.54, 1.807) is 12.1 Å². The van der Waals surface area contributed by atoms with Crippen LogP contribution in [-0.4, -0.2) is 25.0 Å². The number of nitrogens with zero attached hydrogens (tertiary/aromatic N) is 2. The fourth-order valence-corrected chi connectivity index (χ4v) is 2.42. The maximum atomic E-state index is 13.7. The maximum Gasteiger partial charge on any atom is 0.274 e. The van der Waals surface area contributed by atoms with Crippen LogP contribution in [0.2, 0.25) is 0 Å². The molecule has 0 saturated carbocycles. The van der Waals surface area contributed by atoms with E-state index in [1.165, 1.54) is 6.20 Å². The summed E-state index contributed by atoms with van der Waals surface area (Å²) in [6.07, 6.45) is 1.48. The number of hydrogen-bond donors (Lipinski definition) is 2. The molecule has 0 aliphatic rings. The third kappa shape index (κ3) is 4.58. The molecule has 0 radical (unpaired) electrons. The van der Waals surface area contributed by atoms with Crippen molar-refractivity contribution in [3.8, 4) is 0 Å². The molecule has 0 unspecified atom stereocenters. The zero-order valence-electron chi connectivity index (χ0n) is 14.8. The van der Waals surface area contributed by atoms with E-state index in [4.69, 9.17) is 0 Å². The monoisotopic (exact) mass is 368 g/mol. The second kappa shape index (κ2) is 7.82. The van der Waals surface area contributed by atoms with Crippen molar-refractivity contribution >= 4 is 28.7 Å². The lowest BCUT2D eigenvalue weighted by atomic mass is 10.2. The predicted octanol–water partition coefficient (Wildman–Crippen LogP) is 4.42. The number of carbonyl (C=O) groups is 1. The molecule has 3 rings (SSSR count). The Labute approximate surface area is 155 Å². The minimum absolute atomic E-state index is 0.105. The Bertz CT molecular complexity index is 958. The van der Waals surface area contributed by atoms with E-state index in [0.29, 0.717) is 11.8 Å². The standard InChI is InChI=1S/C20H18F2N4O/c1-26(2)16-6-4-14(5-7-16)24-15-9-10-23-19(12-15)20(27)25-18-8-3-13(21)11-17(18)22/h3-12H,1-2H3,(H,23,24)(H,25,27). The van der Waals surface area contributed by atoms with Crippen molar-refractivity contribution in [1.82, 2.24) is 4.98 Å². The lowest BCUT2D eigenvalue weighted by Gasteiger charge is -2.13. The van der Waals surface area contributed by atoms with Gasteiger partial charge in [0.15, 0.2) is 0 Å². The van der Waals surface area contributed by atoms with Crippen LogP contribution in [0.3, 0.4) is 0 Å². The second-order valence-electron chi connectivity index (χ2n) is 6.07. The molecule has 0 aliphatic heterocycles. The van der Waals surface area contributed by atoms with Crippen LogP contribution in [0.25, 0.3) is 0 Å². The largest absolute Gasteiger partial charge is 0.378 e. The molecule has 7 heteroatoms. The Kier molecular flexibility index (Phi) is 5.30. The molecule has 0 atom stereocenters. The molecule has 3 aromatic rings. The van der Waals surface area contributed by atoms with E-state index >= 15 is 0 Å². The number of anilines is 4. The number of amides is 1. The minimum Gasteiger partial charge on any atom is -0.378 e. The van der Waals surface area contributed by atoms with Crippen LogP contribution in [0.4, 0.5) is 31.5 Å². The van der Waals surface area contributed by atoms with Crippen LogP contribution in [0.15, 0.2) is 60.8 Å². The van der Waals surface area contributed by atoms with Crippen LogP contribution < -0.4 is 15.5 Å². The summed E-state index contributed by atoms with van der Waals surface area (Å²) >= 11 is 0. The summed E-state index contributed by atoms with van der Waals surface area (Å²) in [6, 6.07) is 14.0. The van der Waals surface area contributed by atoms with Gasteiger partial charge in [0.25, 0.3) is 5.91 Å². The summed E-state index contributed by atoms with van der Waals surface area (Å²) in [5.74, 6) is -2.15. The number of hydrogen-bond acceptors (Lipinski definition) is 4. The first-order valence-corrected chi connectivity index (χ1v) is 8.19. The lowest BCUT2D eigenvalue weighted by Crippen LogP contribution is -2.15. The van der Waals surface area contributed by atoms with Gasteiger partial charge < -0.3 is 15.5 Å². The highest BCUT2D eigenvalue weighted by Gasteiger charge is 2.12. The summed E-state index contributed by atoms with van der Waals surface area (Å²) in [4.78, 5) is 18.3. The SMILES string of the molecule is CN(C)c1ccc(Nc2ccnc(C(=O)Nc3ccc(F)cc3F)c2)cc1. The molecule has 2 aromatic carbocycles. The number of nitrogens with one attached hydrogen (secondary N) is 2. The van der Waals surface area contributed by atoms with Crippen molar-refractivity contribution in [3.05, 3.63) is 78.1 Å². The van der Waals surface area contributed by atoms with Crippen LogP contribution in [0.1, 0.15) is 10.5 Å². The molecule has 1 heterocycles. The second-order valence-corrected chi connectivity index (χ2v) is 6.07. The predicted molar refractivity (Wildman–Crippen MR) is 103 cm³/mol. The quantitative estimate of drug-likeness (QED) is 0.700. The smallest absolute Gasteiger partial charge is 0.274 e. The number of benzene rings is 2. The molecule has 0 saturated heterocycles. The Morgan fingerprint density at radius 3 is 2.37 bits per heavy atom. The van der Waals surface area contributed by atoms with Gasteiger partial charge in [-0.1, -0.05) is 0 Å². The zero-order valence-corrected chi connectivity index (χ0v) is 14.8. The Morgan fingerprint density at radius 2 is 1.70 bits per heavy atom. The molecular formula is C20H18F2N4O. The number of pyridine rings is 1. The average molecular weight is 368 g/mol. The number of halogens is 2. The Hall–Kier alpha value is -3.48. The molecular weight excluding hydrogens is 350 g/mol. The minimum atomic E-state index is -0.849. The van der Waals surface area contributed by atoms with Gasteiger partial charge in [-0.2, -0.15) is 0 Å². The van der Waals surface area contributed by atoms with Gasteiger partial charge in [-0.25, -0.2) is 8.78 Å². The van der Waals surface area contributed by atoms with Crippen molar-refractivity contribution in [2.45, 2.75) is 0 Å². The maximum absolute atomic E-state index is 13.7. The van der Waals surface area contributed by atoms with Crippen LogP contribution >= 0.6 is 0 Å². The third-order valence-electron chi connectivity index (χ3n) is 3.84. The van der Waals surface area contributed by atoms with Crippen molar-refractivity contribution in [2.75, 3.05) is 29.6 Å². The molecule has 0 aliphatic carbocycles. The van der Waals surface area contributed by atoms with E-state index in [1.807, 2.05) is 43.3 Å². The normalized spacial score (nSPS) is 10.4. The third-order valence-corrected chi connectivity index (χ3v) is 3.84. The van der Waals surface area contributed by atoms with Gasteiger partial charge >= 0.3 is 0 Å². The van der Waals surface area contributed by atoms with Gasteiger partial charge in [0, 0.05) is 43.4 Å². The highest BCUT2D eigenvalue weighted by atomic mass is 19.1. The summed E-state index contributed by atoms with van der Waals surface area (Å²) in [5, 5.41) is 5.57. The average Bonchev–Trinajstić information content (AvgIpc) is 2.64.